The molecule has 0 amide bonds. The lowest BCUT2D eigenvalue weighted by Crippen LogP contribution is -2.15. The van der Waals surface area contributed by atoms with Gasteiger partial charge < -0.3 is 10.6 Å². The van der Waals surface area contributed by atoms with Crippen LogP contribution < -0.4 is 10.6 Å². The molecule has 2 nitrogen and oxygen atoms in total. The van der Waals surface area contributed by atoms with E-state index in [2.05, 4.69) is 31.4 Å². The fraction of sp³-hybridized carbons (Fsp3) is 1.00. The number of hydrogen-bond donors (Lipinski definition) is 2. The van der Waals surface area contributed by atoms with Gasteiger partial charge in [-0.3, -0.25) is 0 Å². The fourth-order valence-corrected chi connectivity index (χ4v) is 1.21. The van der Waals surface area contributed by atoms with E-state index in [9.17, 15) is 0 Å². The zero-order chi connectivity index (χ0) is 13.8. The molecular formula is C15H38N2. The van der Waals surface area contributed by atoms with Crippen molar-refractivity contribution in [3.63, 3.8) is 0 Å². The molecule has 2 N–H and O–H groups in total. The molecule has 0 aliphatic carbocycles. The highest BCUT2D eigenvalue weighted by atomic mass is 14.8. The summed E-state index contributed by atoms with van der Waals surface area (Å²) >= 11 is 0. The molecule has 0 saturated carbocycles. The molecule has 0 aromatic carbocycles. The van der Waals surface area contributed by atoms with E-state index < -0.39 is 0 Å². The molecule has 2 heteroatoms. The smallest absolute Gasteiger partial charge is 0.00489 e. The Morgan fingerprint density at radius 2 is 1.18 bits per heavy atom. The van der Waals surface area contributed by atoms with Crippen molar-refractivity contribution in [1.82, 2.24) is 10.6 Å². The van der Waals surface area contributed by atoms with Crippen molar-refractivity contribution in [3.8, 4) is 0 Å². The molecule has 0 heterocycles. The van der Waals surface area contributed by atoms with Gasteiger partial charge >= 0.3 is 0 Å². The van der Waals surface area contributed by atoms with Crippen LogP contribution in [0.1, 0.15) is 73.1 Å². The van der Waals surface area contributed by atoms with Gasteiger partial charge in [-0.05, 0) is 45.9 Å². The molecule has 0 aliphatic heterocycles. The Hall–Kier alpha value is -0.0800. The van der Waals surface area contributed by atoms with E-state index in [0.717, 1.165) is 0 Å². The van der Waals surface area contributed by atoms with Crippen molar-refractivity contribution in [2.24, 2.45) is 0 Å². The highest BCUT2D eigenvalue weighted by molar-refractivity contribution is 4.49. The highest BCUT2D eigenvalue weighted by Crippen LogP contribution is 1.97. The molecule has 0 unspecified atom stereocenters. The lowest BCUT2D eigenvalue weighted by atomic mass is 10.2. The van der Waals surface area contributed by atoms with Crippen LogP contribution in [0, 0.1) is 0 Å². The summed E-state index contributed by atoms with van der Waals surface area (Å²) in [4.78, 5) is 0. The average Bonchev–Trinajstić information content (AvgIpc) is 2.36. The summed E-state index contributed by atoms with van der Waals surface area (Å²) < 4.78 is 0. The van der Waals surface area contributed by atoms with Gasteiger partial charge in [-0.15, -0.1) is 0 Å². The summed E-state index contributed by atoms with van der Waals surface area (Å²) in [5.41, 5.74) is 0. The van der Waals surface area contributed by atoms with Crippen LogP contribution in [0.3, 0.4) is 0 Å². The van der Waals surface area contributed by atoms with Crippen LogP contribution in [-0.4, -0.2) is 26.7 Å². The topological polar surface area (TPSA) is 24.1 Å². The van der Waals surface area contributed by atoms with Crippen molar-refractivity contribution in [1.29, 1.82) is 0 Å². The molecule has 0 aromatic rings. The maximum atomic E-state index is 3.41. The third-order valence-electron chi connectivity index (χ3n) is 1.96. The van der Waals surface area contributed by atoms with Crippen LogP contribution >= 0.6 is 0 Å². The largest absolute Gasteiger partial charge is 0.320 e. The summed E-state index contributed by atoms with van der Waals surface area (Å²) in [6.45, 7) is 14.0. The van der Waals surface area contributed by atoms with E-state index in [1.54, 1.807) is 0 Å². The Bertz CT molecular complexity index is 75.0. The van der Waals surface area contributed by atoms with Crippen LogP contribution in [0.25, 0.3) is 0 Å². The molecule has 0 aromatic heterocycles. The van der Waals surface area contributed by atoms with Gasteiger partial charge in [0, 0.05) is 0 Å². The molecule has 0 rings (SSSR count). The maximum absolute atomic E-state index is 3.41. The van der Waals surface area contributed by atoms with E-state index in [4.69, 9.17) is 0 Å². The standard InChI is InChI=1S/C10H24N2.C3H8.C2H6/c1-3-8-12-10-7-5-4-6-9-11-2;1-3-2;1-2/h11-12H,3-10H2,1-2H3;3H2,1-2H3;1-2H3. The molecule has 0 aliphatic rings. The summed E-state index contributed by atoms with van der Waals surface area (Å²) in [6.07, 6.45) is 7.90. The monoisotopic (exact) mass is 246 g/mol. The first-order valence-electron chi connectivity index (χ1n) is 7.68. The Balaban J connectivity index is -0.000000337. The number of rotatable bonds is 9. The number of nitrogens with one attached hydrogen (secondary N) is 2. The van der Waals surface area contributed by atoms with Crippen molar-refractivity contribution in [3.05, 3.63) is 0 Å². The Morgan fingerprint density at radius 3 is 1.59 bits per heavy atom. The first-order chi connectivity index (χ1) is 8.33. The van der Waals surface area contributed by atoms with Crippen LogP contribution in [0.2, 0.25) is 0 Å². The normalized spacial score (nSPS) is 8.82. The van der Waals surface area contributed by atoms with Crippen molar-refractivity contribution in [2.45, 2.75) is 73.1 Å². The molecule has 0 spiro atoms. The van der Waals surface area contributed by atoms with E-state index in [0.29, 0.717) is 0 Å². The lowest BCUT2D eigenvalue weighted by molar-refractivity contribution is 0.576. The van der Waals surface area contributed by atoms with E-state index >= 15 is 0 Å². The quantitative estimate of drug-likeness (QED) is 0.596. The summed E-state index contributed by atoms with van der Waals surface area (Å²) in [5.74, 6) is 0. The van der Waals surface area contributed by atoms with Gasteiger partial charge in [0.15, 0.2) is 0 Å². The molecule has 0 fully saturated rings. The van der Waals surface area contributed by atoms with Crippen molar-refractivity contribution < 1.29 is 0 Å². The Morgan fingerprint density at radius 1 is 0.706 bits per heavy atom. The van der Waals surface area contributed by atoms with Gasteiger partial charge in [0.05, 0.1) is 0 Å². The van der Waals surface area contributed by atoms with Gasteiger partial charge in [0.2, 0.25) is 0 Å². The van der Waals surface area contributed by atoms with Crippen LogP contribution in [0.4, 0.5) is 0 Å². The lowest BCUT2D eigenvalue weighted by Gasteiger charge is -2.02. The van der Waals surface area contributed by atoms with Gasteiger partial charge in [0.25, 0.3) is 0 Å². The number of hydrogen-bond acceptors (Lipinski definition) is 2. The summed E-state index contributed by atoms with van der Waals surface area (Å²) in [5, 5.41) is 6.57. The molecule has 0 bridgehead atoms. The van der Waals surface area contributed by atoms with Crippen LogP contribution in [0.15, 0.2) is 0 Å². The molecular weight excluding hydrogens is 208 g/mol. The first kappa shape index (κ1) is 22.1. The minimum Gasteiger partial charge on any atom is -0.320 e. The van der Waals surface area contributed by atoms with Crippen LogP contribution in [0.5, 0.6) is 0 Å². The maximum Gasteiger partial charge on any atom is -0.00489 e. The van der Waals surface area contributed by atoms with Crippen molar-refractivity contribution in [2.75, 3.05) is 26.7 Å². The molecule has 0 saturated heterocycles. The van der Waals surface area contributed by atoms with E-state index in [1.165, 1.54) is 58.2 Å². The minimum atomic E-state index is 1.17. The second-order valence-corrected chi connectivity index (χ2v) is 3.97. The van der Waals surface area contributed by atoms with Gasteiger partial charge in [-0.25, -0.2) is 0 Å². The van der Waals surface area contributed by atoms with Gasteiger partial charge in [-0.2, -0.15) is 0 Å². The second-order valence-electron chi connectivity index (χ2n) is 3.97. The van der Waals surface area contributed by atoms with E-state index in [-0.39, 0.29) is 0 Å². The molecule has 0 atom stereocenters. The zero-order valence-corrected chi connectivity index (χ0v) is 13.4. The average molecular weight is 246 g/mol. The summed E-state index contributed by atoms with van der Waals surface area (Å²) in [7, 11) is 2.02. The van der Waals surface area contributed by atoms with Crippen molar-refractivity contribution >= 4 is 0 Å². The van der Waals surface area contributed by atoms with Gasteiger partial charge in [-0.1, -0.05) is 53.9 Å². The fourth-order valence-electron chi connectivity index (χ4n) is 1.21. The molecule has 0 radical (unpaired) electrons. The SMILES string of the molecule is CC.CCC.CCCNCCCCCCNC. The predicted molar refractivity (Wildman–Crippen MR) is 82.9 cm³/mol. The second kappa shape index (κ2) is 29.7. The first-order valence-corrected chi connectivity index (χ1v) is 7.68. The minimum absolute atomic E-state index is 1.17. The zero-order valence-electron chi connectivity index (χ0n) is 13.4. The Labute approximate surface area is 111 Å². The Kier molecular flexibility index (Phi) is 38.7. The molecule has 17 heavy (non-hydrogen) atoms. The van der Waals surface area contributed by atoms with Gasteiger partial charge in [0.1, 0.15) is 0 Å². The summed E-state index contributed by atoms with van der Waals surface area (Å²) in [6, 6.07) is 0. The number of unbranched alkanes of at least 4 members (excludes halogenated alkanes) is 3. The highest BCUT2D eigenvalue weighted by Gasteiger charge is 1.88. The third kappa shape index (κ3) is 38.8. The molecule has 108 valence electrons. The predicted octanol–water partition coefficient (Wildman–Crippen LogP) is 4.21. The third-order valence-corrected chi connectivity index (χ3v) is 1.96. The van der Waals surface area contributed by atoms with Crippen LogP contribution in [-0.2, 0) is 0 Å². The van der Waals surface area contributed by atoms with E-state index in [1.807, 2.05) is 20.9 Å².